The van der Waals surface area contributed by atoms with Crippen molar-refractivity contribution in [2.24, 2.45) is 0 Å². The van der Waals surface area contributed by atoms with Gasteiger partial charge in [0.1, 0.15) is 23.2 Å². The van der Waals surface area contributed by atoms with Gasteiger partial charge in [-0.1, -0.05) is 0 Å². The van der Waals surface area contributed by atoms with Crippen LogP contribution in [-0.4, -0.2) is 33.8 Å². The summed E-state index contributed by atoms with van der Waals surface area (Å²) in [4.78, 5) is 45.1. The smallest absolute Gasteiger partial charge is 0.345 e. The molecule has 0 bridgehead atoms. The van der Waals surface area contributed by atoms with Gasteiger partial charge in [-0.15, -0.1) is 0 Å². The fourth-order valence-corrected chi connectivity index (χ4v) is 3.66. The maximum absolute atomic E-state index is 14.9. The molecule has 11 heteroatoms. The number of nitrogens with two attached hydrogens (primary N) is 1. The molecule has 0 saturated heterocycles. The van der Waals surface area contributed by atoms with Gasteiger partial charge in [0.2, 0.25) is 0 Å². The standard InChI is InChI=1S/C23H19BrFN5O4/c1-11(31)14-4-5-16(25)20(21(14)34-22(32)12-2-6-18(26)27-9-12)15-8-17(15)29-23(33)30-19-7-3-13(24)10-28-19/h2-7,9-10,15,17H,8H2,1H3,(H2,26,27)(H2,28,29,30,33)/t15-,17+/m1/s1. The number of amides is 2. The number of anilines is 2. The molecule has 3 aromatic rings. The van der Waals surface area contributed by atoms with Gasteiger partial charge in [0.25, 0.3) is 0 Å². The minimum absolute atomic E-state index is 0.0523. The molecule has 2 atom stereocenters. The molecule has 9 nitrogen and oxygen atoms in total. The van der Waals surface area contributed by atoms with Gasteiger partial charge in [0.15, 0.2) is 5.78 Å². The number of nitrogens with zero attached hydrogens (tertiary/aromatic N) is 2. The number of halogens is 2. The fourth-order valence-electron chi connectivity index (χ4n) is 3.43. The molecule has 34 heavy (non-hydrogen) atoms. The van der Waals surface area contributed by atoms with Gasteiger partial charge in [-0.2, -0.15) is 0 Å². The Bertz CT molecular complexity index is 1270. The Labute approximate surface area is 202 Å². The number of rotatable bonds is 6. The molecular formula is C23H19BrFN5O4. The predicted octanol–water partition coefficient (Wildman–Crippen LogP) is 4.06. The number of carbonyl (C=O) groups is 3. The second-order valence-electron chi connectivity index (χ2n) is 7.66. The number of Topliss-reactive ketones (excluding diaryl/α,β-unsaturated/α-hetero) is 1. The summed E-state index contributed by atoms with van der Waals surface area (Å²) in [5, 5.41) is 5.34. The van der Waals surface area contributed by atoms with Crippen molar-refractivity contribution < 1.29 is 23.5 Å². The number of hydrogen-bond acceptors (Lipinski definition) is 7. The van der Waals surface area contributed by atoms with Gasteiger partial charge in [-0.05, 0) is 65.7 Å². The Kier molecular flexibility index (Phi) is 6.55. The summed E-state index contributed by atoms with van der Waals surface area (Å²) in [5.41, 5.74) is 5.74. The quantitative estimate of drug-likeness (QED) is 0.249. The highest BCUT2D eigenvalue weighted by Gasteiger charge is 2.44. The number of aromatic nitrogens is 2. The van der Waals surface area contributed by atoms with Gasteiger partial charge in [-0.3, -0.25) is 10.1 Å². The van der Waals surface area contributed by atoms with E-state index in [2.05, 4.69) is 36.5 Å². The van der Waals surface area contributed by atoms with Gasteiger partial charge in [0.05, 0.1) is 11.1 Å². The van der Waals surface area contributed by atoms with Crippen LogP contribution in [0.4, 0.5) is 20.8 Å². The minimum Gasteiger partial charge on any atom is -0.422 e. The van der Waals surface area contributed by atoms with Crippen molar-refractivity contribution in [1.82, 2.24) is 15.3 Å². The van der Waals surface area contributed by atoms with E-state index < -0.39 is 35.6 Å². The summed E-state index contributed by atoms with van der Waals surface area (Å²) < 4.78 is 21.2. The lowest BCUT2D eigenvalue weighted by Gasteiger charge is -2.15. The van der Waals surface area contributed by atoms with Gasteiger partial charge in [-0.25, -0.2) is 23.9 Å². The van der Waals surface area contributed by atoms with Crippen LogP contribution in [-0.2, 0) is 0 Å². The van der Waals surface area contributed by atoms with Crippen molar-refractivity contribution in [3.8, 4) is 5.75 Å². The maximum Gasteiger partial charge on any atom is 0.345 e. The van der Waals surface area contributed by atoms with Crippen LogP contribution in [0.5, 0.6) is 5.75 Å². The van der Waals surface area contributed by atoms with E-state index in [0.717, 1.165) is 10.5 Å². The molecule has 1 aliphatic carbocycles. The third-order valence-electron chi connectivity index (χ3n) is 5.19. The van der Waals surface area contributed by atoms with Crippen LogP contribution in [0.25, 0.3) is 0 Å². The molecule has 2 heterocycles. The first-order chi connectivity index (χ1) is 16.2. The van der Waals surface area contributed by atoms with Crippen molar-refractivity contribution in [2.45, 2.75) is 25.3 Å². The van der Waals surface area contributed by atoms with E-state index in [1.165, 1.54) is 37.5 Å². The summed E-state index contributed by atoms with van der Waals surface area (Å²) >= 11 is 3.26. The Balaban J connectivity index is 1.54. The van der Waals surface area contributed by atoms with E-state index in [-0.39, 0.29) is 28.3 Å². The molecular weight excluding hydrogens is 509 g/mol. The van der Waals surface area contributed by atoms with E-state index in [0.29, 0.717) is 12.2 Å². The summed E-state index contributed by atoms with van der Waals surface area (Å²) in [7, 11) is 0. The summed E-state index contributed by atoms with van der Waals surface area (Å²) in [5.74, 6) is -1.96. The summed E-state index contributed by atoms with van der Waals surface area (Å²) in [6.45, 7) is 1.29. The summed E-state index contributed by atoms with van der Waals surface area (Å²) in [6, 6.07) is 7.65. The van der Waals surface area contributed by atoms with Crippen molar-refractivity contribution in [2.75, 3.05) is 11.1 Å². The van der Waals surface area contributed by atoms with Crippen LogP contribution in [0, 0.1) is 5.82 Å². The number of ketones is 1. The molecule has 0 spiro atoms. The summed E-state index contributed by atoms with van der Waals surface area (Å²) in [6.07, 6.45) is 3.16. The van der Waals surface area contributed by atoms with E-state index in [1.807, 2.05) is 0 Å². The number of esters is 1. The maximum atomic E-state index is 14.9. The van der Waals surface area contributed by atoms with E-state index >= 15 is 0 Å². The molecule has 0 unspecified atom stereocenters. The van der Waals surface area contributed by atoms with Crippen molar-refractivity contribution in [3.63, 3.8) is 0 Å². The van der Waals surface area contributed by atoms with Crippen molar-refractivity contribution >= 4 is 45.3 Å². The Morgan fingerprint density at radius 2 is 1.91 bits per heavy atom. The largest absolute Gasteiger partial charge is 0.422 e. The lowest BCUT2D eigenvalue weighted by molar-refractivity contribution is 0.0730. The number of hydrogen-bond donors (Lipinski definition) is 3. The van der Waals surface area contributed by atoms with Gasteiger partial charge in [0, 0.05) is 34.4 Å². The zero-order chi connectivity index (χ0) is 24.4. The number of nitrogen functional groups attached to an aromatic ring is 1. The molecule has 1 fully saturated rings. The van der Waals surface area contributed by atoms with Crippen LogP contribution in [0.3, 0.4) is 0 Å². The Morgan fingerprint density at radius 3 is 2.56 bits per heavy atom. The molecule has 4 N–H and O–H groups in total. The number of carbonyl (C=O) groups excluding carboxylic acids is 3. The first-order valence-corrected chi connectivity index (χ1v) is 11.0. The SMILES string of the molecule is CC(=O)c1ccc(F)c([C@@H]2C[C@@H]2NC(=O)Nc2ccc(Br)cn2)c1OC(=O)c1ccc(N)nc1. The van der Waals surface area contributed by atoms with Crippen LogP contribution in [0.1, 0.15) is 45.5 Å². The van der Waals surface area contributed by atoms with E-state index in [9.17, 15) is 18.8 Å². The number of nitrogens with one attached hydrogen (secondary N) is 2. The second kappa shape index (κ2) is 9.56. The third kappa shape index (κ3) is 5.20. The Hall–Kier alpha value is -3.86. The van der Waals surface area contributed by atoms with Crippen LogP contribution in [0.15, 0.2) is 53.3 Å². The molecule has 0 radical (unpaired) electrons. The normalized spacial score (nSPS) is 16.4. The fraction of sp³-hybridized carbons (Fsp3) is 0.174. The number of benzene rings is 1. The molecule has 1 aliphatic rings. The monoisotopic (exact) mass is 527 g/mol. The van der Waals surface area contributed by atoms with Crippen molar-refractivity contribution in [3.05, 3.63) is 75.8 Å². The topological polar surface area (TPSA) is 136 Å². The zero-order valence-corrected chi connectivity index (χ0v) is 19.4. The minimum atomic E-state index is -0.814. The highest BCUT2D eigenvalue weighted by molar-refractivity contribution is 9.10. The highest BCUT2D eigenvalue weighted by atomic mass is 79.9. The highest BCUT2D eigenvalue weighted by Crippen LogP contribution is 2.47. The zero-order valence-electron chi connectivity index (χ0n) is 17.8. The van der Waals surface area contributed by atoms with Crippen molar-refractivity contribution in [1.29, 1.82) is 0 Å². The van der Waals surface area contributed by atoms with E-state index in [1.54, 1.807) is 12.1 Å². The number of urea groups is 1. The average molecular weight is 528 g/mol. The van der Waals surface area contributed by atoms with Gasteiger partial charge >= 0.3 is 12.0 Å². The molecule has 174 valence electrons. The Morgan fingerprint density at radius 1 is 1.12 bits per heavy atom. The molecule has 1 aromatic carbocycles. The lowest BCUT2D eigenvalue weighted by Crippen LogP contribution is -2.31. The molecule has 1 saturated carbocycles. The molecule has 4 rings (SSSR count). The molecule has 2 aromatic heterocycles. The molecule has 2 amide bonds. The average Bonchev–Trinajstić information content (AvgIpc) is 3.53. The van der Waals surface area contributed by atoms with Crippen LogP contribution >= 0.6 is 15.9 Å². The van der Waals surface area contributed by atoms with Crippen LogP contribution in [0.2, 0.25) is 0 Å². The number of ether oxygens (including phenoxy) is 1. The van der Waals surface area contributed by atoms with Crippen LogP contribution < -0.4 is 21.1 Å². The molecule has 0 aliphatic heterocycles. The lowest BCUT2D eigenvalue weighted by atomic mass is 10.0. The first kappa shape index (κ1) is 23.3. The second-order valence-corrected chi connectivity index (χ2v) is 8.58. The van der Waals surface area contributed by atoms with E-state index in [4.69, 9.17) is 10.5 Å². The predicted molar refractivity (Wildman–Crippen MR) is 125 cm³/mol. The number of pyridine rings is 2. The third-order valence-corrected chi connectivity index (χ3v) is 5.65. The first-order valence-electron chi connectivity index (χ1n) is 10.2. The van der Waals surface area contributed by atoms with Gasteiger partial charge < -0.3 is 15.8 Å².